The van der Waals surface area contributed by atoms with Gasteiger partial charge in [-0.3, -0.25) is 9.36 Å². The fraction of sp³-hybridized carbons (Fsp3) is 0.0741. The highest BCUT2D eigenvalue weighted by atomic mass is 35.5. The van der Waals surface area contributed by atoms with Gasteiger partial charge in [0, 0.05) is 13.0 Å². The zero-order valence-electron chi connectivity index (χ0n) is 19.5. The third-order valence-electron chi connectivity index (χ3n) is 5.55. The van der Waals surface area contributed by atoms with E-state index in [4.69, 9.17) is 28.1 Å². The van der Waals surface area contributed by atoms with E-state index in [0.29, 0.717) is 63.2 Å². The number of nitrogen functional groups attached to an aromatic ring is 2. The molecule has 5 aromatic rings. The van der Waals surface area contributed by atoms with Gasteiger partial charge in [-0.2, -0.15) is 0 Å². The molecular weight excluding hydrogens is 488 g/mol. The average molecular weight is 509 g/mol. The number of anilines is 3. The molecule has 10 heteroatoms. The first-order valence-electron chi connectivity index (χ1n) is 11.3. The summed E-state index contributed by atoms with van der Waals surface area (Å²) in [6.07, 6.45) is 3.30. The number of para-hydroxylation sites is 1. The minimum Gasteiger partial charge on any atom is -0.397 e. The fourth-order valence-corrected chi connectivity index (χ4v) is 4.05. The van der Waals surface area contributed by atoms with E-state index < -0.39 is 0 Å². The quantitative estimate of drug-likeness (QED) is 0.307. The van der Waals surface area contributed by atoms with Gasteiger partial charge in [0.05, 0.1) is 33.5 Å². The number of aromatic nitrogens is 5. The van der Waals surface area contributed by atoms with Crippen molar-refractivity contribution >= 4 is 39.8 Å². The van der Waals surface area contributed by atoms with Crippen molar-refractivity contribution in [2.45, 2.75) is 6.42 Å². The van der Waals surface area contributed by atoms with E-state index in [0.717, 1.165) is 0 Å². The Balaban J connectivity index is 1.46. The van der Waals surface area contributed by atoms with Gasteiger partial charge >= 0.3 is 0 Å². The summed E-state index contributed by atoms with van der Waals surface area (Å²) < 4.78 is 1.58. The van der Waals surface area contributed by atoms with Gasteiger partial charge in [-0.15, -0.1) is 0 Å². The molecule has 0 spiro atoms. The molecule has 0 aliphatic carbocycles. The van der Waals surface area contributed by atoms with Crippen molar-refractivity contribution in [1.29, 1.82) is 0 Å². The van der Waals surface area contributed by atoms with Crippen LogP contribution in [-0.2, 0) is 6.42 Å². The molecule has 0 amide bonds. The normalized spacial score (nSPS) is 10.6. The van der Waals surface area contributed by atoms with Gasteiger partial charge in [0.2, 0.25) is 0 Å². The van der Waals surface area contributed by atoms with Crippen molar-refractivity contribution in [3.05, 3.63) is 106 Å². The Hall–Kier alpha value is -4.94. The van der Waals surface area contributed by atoms with E-state index in [1.807, 2.05) is 30.3 Å². The van der Waals surface area contributed by atoms with E-state index in [-0.39, 0.29) is 11.4 Å². The summed E-state index contributed by atoms with van der Waals surface area (Å²) >= 11 is 6.36. The lowest BCUT2D eigenvalue weighted by atomic mass is 10.2. The maximum atomic E-state index is 13.5. The van der Waals surface area contributed by atoms with E-state index in [2.05, 4.69) is 32.1 Å². The summed E-state index contributed by atoms with van der Waals surface area (Å²) in [7, 11) is 0. The number of fused-ring (bicyclic) bond motifs is 1. The number of rotatable bonds is 5. The Labute approximate surface area is 217 Å². The molecule has 0 bridgehead atoms. The zero-order valence-corrected chi connectivity index (χ0v) is 20.3. The van der Waals surface area contributed by atoms with Gasteiger partial charge in [0.1, 0.15) is 35.0 Å². The standard InChI is InChI=1S/C27H21ClN8O/c28-21-7-4-8-22-24(21)27(37)36(19-5-2-1-3-6-19)23(35-22)13-14-31-26-20(25(30)33-16-34-26)12-11-18-10-9-17(29)15-32-18/h1-10,15-16H,13-14,29H2,(H3,30,31,33,34). The number of nitrogens with zero attached hydrogens (tertiary/aromatic N) is 5. The van der Waals surface area contributed by atoms with Gasteiger partial charge in [-0.1, -0.05) is 41.8 Å². The van der Waals surface area contributed by atoms with Crippen LogP contribution in [0.15, 0.2) is 78.0 Å². The first kappa shape index (κ1) is 23.8. The molecule has 3 heterocycles. The highest BCUT2D eigenvalue weighted by Gasteiger charge is 2.15. The van der Waals surface area contributed by atoms with Crippen molar-refractivity contribution in [2.24, 2.45) is 0 Å². The Kier molecular flexibility index (Phi) is 6.66. The lowest BCUT2D eigenvalue weighted by molar-refractivity contribution is 0.809. The van der Waals surface area contributed by atoms with Crippen molar-refractivity contribution in [3.63, 3.8) is 0 Å². The van der Waals surface area contributed by atoms with Crippen LogP contribution < -0.4 is 22.3 Å². The minimum atomic E-state index is -0.231. The predicted molar refractivity (Wildman–Crippen MR) is 146 cm³/mol. The topological polar surface area (TPSA) is 138 Å². The van der Waals surface area contributed by atoms with E-state index in [1.165, 1.54) is 12.5 Å². The van der Waals surface area contributed by atoms with Crippen LogP contribution in [0.25, 0.3) is 16.6 Å². The highest BCUT2D eigenvalue weighted by molar-refractivity contribution is 6.35. The van der Waals surface area contributed by atoms with Crippen molar-refractivity contribution in [1.82, 2.24) is 24.5 Å². The van der Waals surface area contributed by atoms with Crippen LogP contribution in [0.2, 0.25) is 5.02 Å². The summed E-state index contributed by atoms with van der Waals surface area (Å²) in [5.74, 6) is 7.22. The van der Waals surface area contributed by atoms with E-state index in [1.54, 1.807) is 34.9 Å². The summed E-state index contributed by atoms with van der Waals surface area (Å²) in [5, 5.41) is 3.99. The smallest absolute Gasteiger partial charge is 0.267 e. The second-order valence-corrected chi connectivity index (χ2v) is 8.43. The number of nitrogens with one attached hydrogen (secondary N) is 1. The Morgan fingerprint density at radius 1 is 0.946 bits per heavy atom. The van der Waals surface area contributed by atoms with Crippen LogP contribution in [0.5, 0.6) is 0 Å². The zero-order chi connectivity index (χ0) is 25.8. The van der Waals surface area contributed by atoms with Gasteiger partial charge in [0.25, 0.3) is 5.56 Å². The molecule has 0 unspecified atom stereocenters. The number of hydrogen-bond donors (Lipinski definition) is 3. The SMILES string of the molecule is Nc1ccc(C#Cc2c(N)ncnc2NCCc2nc3cccc(Cl)c3c(=O)n2-c2ccccc2)nc1. The van der Waals surface area contributed by atoms with Gasteiger partial charge in [0.15, 0.2) is 0 Å². The average Bonchev–Trinajstić information content (AvgIpc) is 2.90. The Bertz CT molecular complexity index is 1710. The lowest BCUT2D eigenvalue weighted by Crippen LogP contribution is -2.25. The summed E-state index contributed by atoms with van der Waals surface area (Å²) in [6, 6.07) is 18.0. The van der Waals surface area contributed by atoms with E-state index in [9.17, 15) is 4.79 Å². The van der Waals surface area contributed by atoms with Crippen LogP contribution in [0, 0.1) is 11.8 Å². The largest absolute Gasteiger partial charge is 0.397 e. The molecule has 0 saturated carbocycles. The second kappa shape index (κ2) is 10.4. The lowest BCUT2D eigenvalue weighted by Gasteiger charge is -2.15. The van der Waals surface area contributed by atoms with Crippen LogP contribution in [0.1, 0.15) is 17.1 Å². The molecule has 3 aromatic heterocycles. The Morgan fingerprint density at radius 3 is 2.57 bits per heavy atom. The van der Waals surface area contributed by atoms with Crippen LogP contribution in [-0.4, -0.2) is 31.0 Å². The van der Waals surface area contributed by atoms with Crippen molar-refractivity contribution < 1.29 is 0 Å². The molecule has 0 fully saturated rings. The molecule has 2 aromatic carbocycles. The van der Waals surface area contributed by atoms with Crippen molar-refractivity contribution in [2.75, 3.05) is 23.3 Å². The first-order valence-corrected chi connectivity index (χ1v) is 11.7. The molecule has 0 radical (unpaired) electrons. The summed E-state index contributed by atoms with van der Waals surface area (Å²) in [6.45, 7) is 0.399. The van der Waals surface area contributed by atoms with Crippen LogP contribution in [0.4, 0.5) is 17.3 Å². The fourth-order valence-electron chi connectivity index (χ4n) is 3.80. The summed E-state index contributed by atoms with van der Waals surface area (Å²) in [4.78, 5) is 30.8. The number of benzene rings is 2. The van der Waals surface area contributed by atoms with Gasteiger partial charge < -0.3 is 16.8 Å². The predicted octanol–water partition coefficient (Wildman–Crippen LogP) is 3.44. The molecule has 0 atom stereocenters. The summed E-state index contributed by atoms with van der Waals surface area (Å²) in [5.41, 5.74) is 14.3. The maximum Gasteiger partial charge on any atom is 0.267 e. The monoisotopic (exact) mass is 508 g/mol. The molecule has 182 valence electrons. The number of nitrogens with two attached hydrogens (primary N) is 2. The number of pyridine rings is 1. The molecule has 0 saturated heterocycles. The first-order chi connectivity index (χ1) is 18.0. The molecule has 9 nitrogen and oxygen atoms in total. The van der Waals surface area contributed by atoms with Gasteiger partial charge in [-0.25, -0.2) is 19.9 Å². The van der Waals surface area contributed by atoms with Crippen LogP contribution >= 0.6 is 11.6 Å². The minimum absolute atomic E-state index is 0.231. The number of hydrogen-bond acceptors (Lipinski definition) is 8. The molecule has 0 aliphatic rings. The number of halogens is 1. The third kappa shape index (κ3) is 5.05. The molecule has 5 N–H and O–H groups in total. The maximum absolute atomic E-state index is 13.5. The highest BCUT2D eigenvalue weighted by Crippen LogP contribution is 2.21. The van der Waals surface area contributed by atoms with Crippen LogP contribution in [0.3, 0.4) is 0 Å². The molecule has 5 rings (SSSR count). The Morgan fingerprint density at radius 2 is 1.78 bits per heavy atom. The second-order valence-electron chi connectivity index (χ2n) is 8.02. The third-order valence-corrected chi connectivity index (χ3v) is 5.87. The molecule has 0 aliphatic heterocycles. The van der Waals surface area contributed by atoms with Gasteiger partial charge in [-0.05, 0) is 42.3 Å². The molecule has 37 heavy (non-hydrogen) atoms. The van der Waals surface area contributed by atoms with E-state index >= 15 is 0 Å². The molecular formula is C27H21ClN8O. The van der Waals surface area contributed by atoms with Crippen molar-refractivity contribution in [3.8, 4) is 17.5 Å².